The summed E-state index contributed by atoms with van der Waals surface area (Å²) in [6.45, 7) is 6.06. The molecule has 3 rings (SSSR count). The van der Waals surface area contributed by atoms with E-state index < -0.39 is 12.4 Å². The molecular weight excluding hydrogens is 363 g/mol. The van der Waals surface area contributed by atoms with Gasteiger partial charge in [0, 0.05) is 5.92 Å². The van der Waals surface area contributed by atoms with Crippen LogP contribution in [0.3, 0.4) is 0 Å². The van der Waals surface area contributed by atoms with Crippen LogP contribution in [0.15, 0.2) is 11.4 Å². The van der Waals surface area contributed by atoms with Gasteiger partial charge in [-0.2, -0.15) is 4.98 Å². The highest BCUT2D eigenvalue weighted by Gasteiger charge is 2.43. The molecule has 2 aromatic heterocycles. The molecule has 1 saturated heterocycles. The van der Waals surface area contributed by atoms with E-state index >= 15 is 0 Å². The Kier molecular flexibility index (Phi) is 6.17. The number of hydrogen-bond donors (Lipinski definition) is 0. The normalized spacial score (nSPS) is 26.6. The second kappa shape index (κ2) is 8.18. The summed E-state index contributed by atoms with van der Waals surface area (Å²) in [6, 6.07) is 0. The lowest BCUT2D eigenvalue weighted by molar-refractivity contribution is -0.0186. The Hall–Kier alpha value is -0.920. The molecule has 0 spiro atoms. The summed E-state index contributed by atoms with van der Waals surface area (Å²) in [5, 5.41) is 0.902. The first kappa shape index (κ1) is 18.9. The van der Waals surface area contributed by atoms with Gasteiger partial charge in [-0.05, 0) is 30.2 Å². The lowest BCUT2D eigenvalue weighted by Crippen LogP contribution is -2.20. The molecule has 0 radical (unpaired) electrons. The fraction of sp³-hybridized carbons (Fsp3) is 0.706. The maximum absolute atomic E-state index is 14.7. The number of nitrogens with zero attached hydrogens (tertiary/aromatic N) is 4. The van der Waals surface area contributed by atoms with Gasteiger partial charge in [0.05, 0.1) is 12.4 Å². The van der Waals surface area contributed by atoms with Gasteiger partial charge in [-0.15, -0.1) is 11.8 Å². The van der Waals surface area contributed by atoms with Crippen LogP contribution in [0.1, 0.15) is 52.7 Å². The second-order valence-corrected chi connectivity index (χ2v) is 7.88. The summed E-state index contributed by atoms with van der Waals surface area (Å²) >= 11 is 7.73. The van der Waals surface area contributed by atoms with Crippen LogP contribution >= 0.6 is 23.4 Å². The third-order valence-electron chi connectivity index (χ3n) is 4.70. The van der Waals surface area contributed by atoms with Crippen molar-refractivity contribution in [2.75, 3.05) is 5.75 Å². The van der Waals surface area contributed by atoms with Crippen LogP contribution in [0.2, 0.25) is 5.28 Å². The topological polar surface area (TPSA) is 52.8 Å². The van der Waals surface area contributed by atoms with Crippen molar-refractivity contribution in [3.8, 4) is 0 Å². The van der Waals surface area contributed by atoms with Crippen LogP contribution in [-0.4, -0.2) is 37.5 Å². The molecule has 1 fully saturated rings. The average molecular weight is 387 g/mol. The number of fused-ring (bicyclic) bond motifs is 1. The predicted octanol–water partition coefficient (Wildman–Crippen LogP) is 5.04. The predicted molar refractivity (Wildman–Crippen MR) is 98.8 cm³/mol. The number of rotatable bonds is 7. The molecule has 2 aromatic rings. The molecule has 4 atom stereocenters. The zero-order valence-electron chi connectivity index (χ0n) is 14.8. The molecule has 0 aliphatic carbocycles. The Bertz CT molecular complexity index is 728. The van der Waals surface area contributed by atoms with Crippen molar-refractivity contribution in [2.45, 2.75) is 70.0 Å². The molecule has 25 heavy (non-hydrogen) atoms. The van der Waals surface area contributed by atoms with Crippen LogP contribution < -0.4 is 0 Å². The molecule has 0 N–H and O–H groups in total. The van der Waals surface area contributed by atoms with E-state index in [9.17, 15) is 4.39 Å². The van der Waals surface area contributed by atoms with Crippen molar-refractivity contribution in [1.29, 1.82) is 0 Å². The summed E-state index contributed by atoms with van der Waals surface area (Å²) in [5.41, 5.74) is 1.20. The fourth-order valence-corrected chi connectivity index (χ4v) is 4.39. The summed E-state index contributed by atoms with van der Waals surface area (Å²) in [5.74, 6) is 0.789. The number of thioether (sulfide) groups is 1. The molecule has 8 heteroatoms. The van der Waals surface area contributed by atoms with E-state index in [1.807, 2.05) is 13.8 Å². The van der Waals surface area contributed by atoms with Crippen molar-refractivity contribution in [3.63, 3.8) is 0 Å². The maximum atomic E-state index is 14.7. The second-order valence-electron chi connectivity index (χ2n) is 6.45. The highest BCUT2D eigenvalue weighted by molar-refractivity contribution is 7.99. The number of imidazole rings is 1. The third-order valence-corrected chi connectivity index (χ3v) is 5.92. The van der Waals surface area contributed by atoms with Crippen LogP contribution in [0.5, 0.6) is 0 Å². The van der Waals surface area contributed by atoms with Crippen molar-refractivity contribution in [1.82, 2.24) is 19.5 Å². The highest BCUT2D eigenvalue weighted by atomic mass is 35.5. The van der Waals surface area contributed by atoms with E-state index in [1.54, 1.807) is 22.7 Å². The monoisotopic (exact) mass is 386 g/mol. The molecular formula is C17H24ClFN4OS. The van der Waals surface area contributed by atoms with Crippen LogP contribution in [-0.2, 0) is 4.74 Å². The van der Waals surface area contributed by atoms with Gasteiger partial charge in [-0.1, -0.05) is 33.6 Å². The first-order chi connectivity index (χ1) is 12.1. The van der Waals surface area contributed by atoms with Gasteiger partial charge in [-0.3, -0.25) is 4.57 Å². The van der Waals surface area contributed by atoms with Gasteiger partial charge < -0.3 is 4.74 Å². The van der Waals surface area contributed by atoms with Crippen LogP contribution in [0.25, 0.3) is 11.2 Å². The zero-order chi connectivity index (χ0) is 18.0. The van der Waals surface area contributed by atoms with Crippen LogP contribution in [0.4, 0.5) is 4.39 Å². The Labute approximate surface area is 156 Å². The molecule has 0 bridgehead atoms. The molecule has 1 aliphatic rings. The lowest BCUT2D eigenvalue weighted by Gasteiger charge is -2.15. The van der Waals surface area contributed by atoms with E-state index in [0.717, 1.165) is 23.6 Å². The molecule has 0 saturated carbocycles. The number of halogens is 2. The number of unbranched alkanes of at least 4 members (excludes halogenated alkanes) is 2. The molecule has 1 aliphatic heterocycles. The Balaban J connectivity index is 1.89. The number of alkyl halides is 1. The summed E-state index contributed by atoms with van der Waals surface area (Å²) in [4.78, 5) is 13.0. The minimum absolute atomic E-state index is 0.0994. The Morgan fingerprint density at radius 3 is 2.80 bits per heavy atom. The smallest absolute Gasteiger partial charge is 0.225 e. The van der Waals surface area contributed by atoms with Gasteiger partial charge in [0.1, 0.15) is 10.5 Å². The largest absolute Gasteiger partial charge is 0.351 e. The molecule has 5 nitrogen and oxygen atoms in total. The summed E-state index contributed by atoms with van der Waals surface area (Å²) in [6.07, 6.45) is 3.91. The van der Waals surface area contributed by atoms with Gasteiger partial charge in [0.25, 0.3) is 0 Å². The minimum Gasteiger partial charge on any atom is -0.351 e. The van der Waals surface area contributed by atoms with E-state index in [2.05, 4.69) is 21.9 Å². The first-order valence-corrected chi connectivity index (χ1v) is 10.3. The number of ether oxygens (including phenoxy) is 1. The fourth-order valence-electron chi connectivity index (χ4n) is 3.20. The molecule has 3 heterocycles. The first-order valence-electron chi connectivity index (χ1n) is 8.89. The third kappa shape index (κ3) is 3.78. The average Bonchev–Trinajstić information content (AvgIpc) is 3.13. The minimum atomic E-state index is -1.10. The van der Waals surface area contributed by atoms with Gasteiger partial charge in [0.15, 0.2) is 18.0 Å². The quantitative estimate of drug-likeness (QED) is 0.288. The van der Waals surface area contributed by atoms with E-state index in [-0.39, 0.29) is 17.3 Å². The van der Waals surface area contributed by atoms with Gasteiger partial charge in [0.2, 0.25) is 5.28 Å². The highest BCUT2D eigenvalue weighted by Crippen LogP contribution is 2.39. The van der Waals surface area contributed by atoms with Gasteiger partial charge >= 0.3 is 0 Å². The van der Waals surface area contributed by atoms with E-state index in [4.69, 9.17) is 16.3 Å². The molecule has 138 valence electrons. The van der Waals surface area contributed by atoms with Crippen molar-refractivity contribution >= 4 is 34.5 Å². The molecule has 0 unspecified atom stereocenters. The zero-order valence-corrected chi connectivity index (χ0v) is 16.4. The van der Waals surface area contributed by atoms with Crippen molar-refractivity contribution < 1.29 is 9.13 Å². The summed E-state index contributed by atoms with van der Waals surface area (Å²) in [7, 11) is 0. The molecule has 0 aromatic carbocycles. The lowest BCUT2D eigenvalue weighted by atomic mass is 10.00. The van der Waals surface area contributed by atoms with E-state index in [1.165, 1.54) is 12.8 Å². The Morgan fingerprint density at radius 1 is 1.32 bits per heavy atom. The number of aromatic nitrogens is 4. The van der Waals surface area contributed by atoms with Crippen LogP contribution in [0, 0.1) is 5.92 Å². The molecule has 0 amide bonds. The SMILES string of the molecule is CCCCCSc1nc(Cl)nc2c1ncn2[C@@H]1O[C@H](CC)[C@@H](C)[C@@H]1F. The van der Waals surface area contributed by atoms with Crippen molar-refractivity contribution in [3.05, 3.63) is 11.6 Å². The standard InChI is InChI=1S/C17H24ClFN4OS/c1-4-6-7-8-25-15-13-14(21-17(18)22-15)23(9-20-13)16-12(19)10(3)11(5-2)24-16/h9-12,16H,4-8H2,1-3H3/t10-,11-,12+,16-/m1/s1. The van der Waals surface area contributed by atoms with Gasteiger partial charge in [-0.25, -0.2) is 14.4 Å². The Morgan fingerprint density at radius 2 is 2.12 bits per heavy atom. The van der Waals surface area contributed by atoms with Crippen molar-refractivity contribution in [2.24, 2.45) is 5.92 Å². The summed E-state index contributed by atoms with van der Waals surface area (Å²) < 4.78 is 22.3. The maximum Gasteiger partial charge on any atom is 0.225 e. The van der Waals surface area contributed by atoms with E-state index in [0.29, 0.717) is 11.2 Å². The number of hydrogen-bond acceptors (Lipinski definition) is 5.